The third-order valence-electron chi connectivity index (χ3n) is 1.89. The van der Waals surface area contributed by atoms with E-state index in [-0.39, 0.29) is 5.91 Å². The molecule has 0 bridgehead atoms. The molecule has 0 heterocycles. The topological polar surface area (TPSA) is 29.1 Å². The van der Waals surface area contributed by atoms with Crippen molar-refractivity contribution >= 4 is 40.9 Å². The summed E-state index contributed by atoms with van der Waals surface area (Å²) in [6.07, 6.45) is 0. The summed E-state index contributed by atoms with van der Waals surface area (Å²) in [5.41, 5.74) is 1.15. The molecule has 0 fully saturated rings. The fraction of sp³-hybridized carbons (Fsp3) is 0.250. The van der Waals surface area contributed by atoms with Gasteiger partial charge in [-0.25, -0.2) is 0 Å². The predicted molar refractivity (Wildman–Crippen MR) is 75.6 cm³/mol. The van der Waals surface area contributed by atoms with Gasteiger partial charge in [0.1, 0.15) is 0 Å². The molecular formula is C12H13Cl2NOS. The van der Waals surface area contributed by atoms with E-state index in [1.807, 2.05) is 24.3 Å². The first-order chi connectivity index (χ1) is 8.08. The summed E-state index contributed by atoms with van der Waals surface area (Å²) in [4.78, 5) is 11.3. The number of thioether (sulfide) groups is 1. The van der Waals surface area contributed by atoms with Gasteiger partial charge in [-0.05, 0) is 17.7 Å². The Morgan fingerprint density at radius 1 is 1.35 bits per heavy atom. The van der Waals surface area contributed by atoms with Gasteiger partial charge in [-0.15, -0.1) is 11.8 Å². The SMILES string of the molecule is C=C(Cl)CNC(=O)CSCc1ccc(Cl)cc1. The predicted octanol–water partition coefficient (Wildman–Crippen LogP) is 3.44. The van der Waals surface area contributed by atoms with Crippen LogP contribution in [0.2, 0.25) is 5.02 Å². The van der Waals surface area contributed by atoms with Gasteiger partial charge in [0.15, 0.2) is 0 Å². The monoisotopic (exact) mass is 289 g/mol. The molecule has 0 unspecified atom stereocenters. The molecule has 0 saturated carbocycles. The van der Waals surface area contributed by atoms with Crippen LogP contribution in [0.4, 0.5) is 0 Å². The smallest absolute Gasteiger partial charge is 0.230 e. The van der Waals surface area contributed by atoms with E-state index in [0.29, 0.717) is 17.3 Å². The van der Waals surface area contributed by atoms with Crippen LogP contribution in [0.5, 0.6) is 0 Å². The van der Waals surface area contributed by atoms with Crippen molar-refractivity contribution in [1.29, 1.82) is 0 Å². The van der Waals surface area contributed by atoms with Crippen LogP contribution in [0.15, 0.2) is 35.9 Å². The van der Waals surface area contributed by atoms with Gasteiger partial charge in [0.25, 0.3) is 0 Å². The van der Waals surface area contributed by atoms with E-state index in [4.69, 9.17) is 23.2 Å². The highest BCUT2D eigenvalue weighted by Crippen LogP contribution is 2.15. The number of carbonyl (C=O) groups is 1. The van der Waals surface area contributed by atoms with Gasteiger partial charge in [-0.1, -0.05) is 41.9 Å². The minimum absolute atomic E-state index is 0.0363. The molecule has 0 radical (unpaired) electrons. The minimum atomic E-state index is -0.0363. The molecular weight excluding hydrogens is 277 g/mol. The van der Waals surface area contributed by atoms with Crippen molar-refractivity contribution in [3.8, 4) is 0 Å². The lowest BCUT2D eigenvalue weighted by atomic mass is 10.2. The van der Waals surface area contributed by atoms with E-state index in [0.717, 1.165) is 16.3 Å². The maximum Gasteiger partial charge on any atom is 0.230 e. The number of hydrogen-bond donors (Lipinski definition) is 1. The zero-order valence-electron chi connectivity index (χ0n) is 9.21. The lowest BCUT2D eigenvalue weighted by molar-refractivity contribution is -0.118. The van der Waals surface area contributed by atoms with Crippen LogP contribution in [-0.2, 0) is 10.5 Å². The maximum atomic E-state index is 11.3. The van der Waals surface area contributed by atoms with Crippen molar-refractivity contribution in [2.75, 3.05) is 12.3 Å². The average Bonchev–Trinajstić information content (AvgIpc) is 2.29. The second kappa shape index (κ2) is 7.64. The van der Waals surface area contributed by atoms with E-state index < -0.39 is 0 Å². The zero-order chi connectivity index (χ0) is 12.7. The molecule has 5 heteroatoms. The Kier molecular flexibility index (Phi) is 6.48. The number of hydrogen-bond acceptors (Lipinski definition) is 2. The van der Waals surface area contributed by atoms with Crippen LogP contribution >= 0.6 is 35.0 Å². The highest BCUT2D eigenvalue weighted by Gasteiger charge is 2.01. The highest BCUT2D eigenvalue weighted by molar-refractivity contribution is 7.99. The third kappa shape index (κ3) is 6.61. The molecule has 17 heavy (non-hydrogen) atoms. The van der Waals surface area contributed by atoms with E-state index in [2.05, 4.69) is 11.9 Å². The van der Waals surface area contributed by atoms with E-state index in [1.54, 1.807) is 11.8 Å². The van der Waals surface area contributed by atoms with Crippen LogP contribution in [0.1, 0.15) is 5.56 Å². The van der Waals surface area contributed by atoms with Crippen molar-refractivity contribution in [2.45, 2.75) is 5.75 Å². The van der Waals surface area contributed by atoms with Gasteiger partial charge >= 0.3 is 0 Å². The lowest BCUT2D eigenvalue weighted by Crippen LogP contribution is -2.26. The summed E-state index contributed by atoms with van der Waals surface area (Å²) in [6.45, 7) is 3.82. The summed E-state index contributed by atoms with van der Waals surface area (Å²) in [6, 6.07) is 7.59. The zero-order valence-corrected chi connectivity index (χ0v) is 11.5. The normalized spacial score (nSPS) is 10.0. The number of carbonyl (C=O) groups excluding carboxylic acids is 1. The first-order valence-electron chi connectivity index (χ1n) is 5.00. The molecule has 1 N–H and O–H groups in total. The molecule has 0 aliphatic carbocycles. The van der Waals surface area contributed by atoms with Crippen molar-refractivity contribution in [1.82, 2.24) is 5.32 Å². The maximum absolute atomic E-state index is 11.3. The first kappa shape index (κ1) is 14.4. The van der Waals surface area contributed by atoms with Gasteiger partial charge < -0.3 is 5.32 Å². The van der Waals surface area contributed by atoms with Crippen molar-refractivity contribution in [3.05, 3.63) is 46.5 Å². The van der Waals surface area contributed by atoms with Gasteiger partial charge in [-0.2, -0.15) is 0 Å². The number of nitrogens with one attached hydrogen (secondary N) is 1. The first-order valence-corrected chi connectivity index (χ1v) is 6.91. The summed E-state index contributed by atoms with van der Waals surface area (Å²) < 4.78 is 0. The Morgan fingerprint density at radius 3 is 2.59 bits per heavy atom. The molecule has 0 spiro atoms. The molecule has 1 rings (SSSR count). The Labute approximate surface area is 115 Å². The molecule has 1 aromatic carbocycles. The summed E-state index contributed by atoms with van der Waals surface area (Å²) in [5, 5.41) is 3.82. The fourth-order valence-electron chi connectivity index (χ4n) is 1.09. The van der Waals surface area contributed by atoms with Gasteiger partial charge in [0.05, 0.1) is 12.3 Å². The molecule has 1 amide bonds. The summed E-state index contributed by atoms with van der Waals surface area (Å²) in [5.74, 6) is 1.16. The summed E-state index contributed by atoms with van der Waals surface area (Å²) in [7, 11) is 0. The third-order valence-corrected chi connectivity index (χ3v) is 3.28. The van der Waals surface area contributed by atoms with Crippen LogP contribution in [0.3, 0.4) is 0 Å². The van der Waals surface area contributed by atoms with Crippen LogP contribution in [0, 0.1) is 0 Å². The molecule has 0 aliphatic rings. The fourth-order valence-corrected chi connectivity index (χ4v) is 2.10. The molecule has 92 valence electrons. The Balaban J connectivity index is 2.21. The lowest BCUT2D eigenvalue weighted by Gasteiger charge is -2.04. The highest BCUT2D eigenvalue weighted by atomic mass is 35.5. The summed E-state index contributed by atoms with van der Waals surface area (Å²) >= 11 is 12.9. The largest absolute Gasteiger partial charge is 0.350 e. The average molecular weight is 290 g/mol. The Hall–Kier alpha value is -0.640. The molecule has 0 saturated heterocycles. The van der Waals surface area contributed by atoms with Crippen molar-refractivity contribution in [3.63, 3.8) is 0 Å². The van der Waals surface area contributed by atoms with Gasteiger partial charge in [0.2, 0.25) is 5.91 Å². The number of rotatable bonds is 6. The van der Waals surface area contributed by atoms with E-state index >= 15 is 0 Å². The van der Waals surface area contributed by atoms with Gasteiger partial charge in [0, 0.05) is 15.8 Å². The van der Waals surface area contributed by atoms with Crippen LogP contribution < -0.4 is 5.32 Å². The molecule has 0 atom stereocenters. The number of halogens is 2. The van der Waals surface area contributed by atoms with Crippen molar-refractivity contribution in [2.24, 2.45) is 0 Å². The Morgan fingerprint density at radius 2 is 2.00 bits per heavy atom. The van der Waals surface area contributed by atoms with Gasteiger partial charge in [-0.3, -0.25) is 4.79 Å². The second-order valence-corrected chi connectivity index (χ2v) is 5.37. The second-order valence-electron chi connectivity index (χ2n) is 3.41. The minimum Gasteiger partial charge on any atom is -0.350 e. The van der Waals surface area contributed by atoms with Crippen LogP contribution in [0.25, 0.3) is 0 Å². The Bertz CT molecular complexity index is 392. The molecule has 2 nitrogen and oxygen atoms in total. The number of benzene rings is 1. The van der Waals surface area contributed by atoms with Crippen molar-refractivity contribution < 1.29 is 4.79 Å². The van der Waals surface area contributed by atoms with E-state index in [1.165, 1.54) is 0 Å². The number of amides is 1. The quantitative estimate of drug-likeness (QED) is 0.869. The standard InChI is InChI=1S/C12H13Cl2NOS/c1-9(13)6-15-12(16)8-17-7-10-2-4-11(14)5-3-10/h2-5H,1,6-8H2,(H,15,16). The molecule has 0 aromatic heterocycles. The molecule has 0 aliphatic heterocycles. The van der Waals surface area contributed by atoms with Crippen LogP contribution in [-0.4, -0.2) is 18.2 Å². The molecule has 1 aromatic rings. The van der Waals surface area contributed by atoms with E-state index in [9.17, 15) is 4.79 Å².